The maximum Gasteiger partial charge on any atom is 0.242 e. The summed E-state index contributed by atoms with van der Waals surface area (Å²) in [6.07, 6.45) is 0.993. The van der Waals surface area contributed by atoms with Crippen LogP contribution in [0.1, 0.15) is 12.5 Å². The average molecular weight is 282 g/mol. The van der Waals surface area contributed by atoms with Gasteiger partial charge in [-0.05, 0) is 19.1 Å². The molecule has 0 saturated heterocycles. The Morgan fingerprint density at radius 2 is 2.11 bits per heavy atom. The fourth-order valence-corrected chi connectivity index (χ4v) is 1.74. The van der Waals surface area contributed by atoms with E-state index in [9.17, 15) is 13.2 Å². The molecule has 0 bridgehead atoms. The van der Waals surface area contributed by atoms with Gasteiger partial charge in [-0.2, -0.15) is 5.26 Å². The van der Waals surface area contributed by atoms with Crippen molar-refractivity contribution >= 4 is 21.4 Å². The molecule has 0 aliphatic heterocycles. The number of hydrogen-bond acceptors (Lipinski definition) is 5. The third-order valence-corrected chi connectivity index (χ3v) is 4.10. The van der Waals surface area contributed by atoms with Gasteiger partial charge in [0.2, 0.25) is 5.91 Å². The number of methoxy groups -OCH3 is 1. The second-order valence-corrected chi connectivity index (χ2v) is 6.35. The first-order valence-corrected chi connectivity index (χ1v) is 7.33. The van der Waals surface area contributed by atoms with E-state index in [0.29, 0.717) is 17.0 Å². The monoisotopic (exact) mass is 282 g/mol. The summed E-state index contributed by atoms with van der Waals surface area (Å²) in [5.41, 5.74) is 0.702. The molecule has 6 nitrogen and oxygen atoms in total. The lowest BCUT2D eigenvalue weighted by atomic mass is 10.2. The zero-order chi connectivity index (χ0) is 14.6. The van der Waals surface area contributed by atoms with Crippen molar-refractivity contribution in [3.8, 4) is 11.8 Å². The van der Waals surface area contributed by atoms with Gasteiger partial charge in [0.25, 0.3) is 0 Å². The first-order valence-electron chi connectivity index (χ1n) is 5.37. The molecule has 1 atom stereocenters. The van der Waals surface area contributed by atoms with Crippen LogP contribution in [0.2, 0.25) is 0 Å². The van der Waals surface area contributed by atoms with Crippen LogP contribution in [-0.4, -0.2) is 32.9 Å². The number of sulfone groups is 1. The summed E-state index contributed by atoms with van der Waals surface area (Å²) < 4.78 is 27.6. The Kier molecular flexibility index (Phi) is 4.51. The van der Waals surface area contributed by atoms with Crippen LogP contribution < -0.4 is 10.1 Å². The van der Waals surface area contributed by atoms with Crippen LogP contribution in [0.25, 0.3) is 0 Å². The number of rotatable bonds is 4. The molecule has 1 aromatic rings. The number of carbonyl (C=O) groups excluding carboxylic acids is 1. The van der Waals surface area contributed by atoms with E-state index in [4.69, 9.17) is 10.00 Å². The Bertz CT molecular complexity index is 632. The van der Waals surface area contributed by atoms with Gasteiger partial charge >= 0.3 is 0 Å². The predicted molar refractivity (Wildman–Crippen MR) is 70.6 cm³/mol. The summed E-state index contributed by atoms with van der Waals surface area (Å²) in [7, 11) is -2.06. The predicted octanol–water partition coefficient (Wildman–Crippen LogP) is 0.938. The van der Waals surface area contributed by atoms with Crippen LogP contribution in [0.5, 0.6) is 5.75 Å². The van der Waals surface area contributed by atoms with Crippen LogP contribution in [0.4, 0.5) is 5.69 Å². The Morgan fingerprint density at radius 1 is 1.47 bits per heavy atom. The van der Waals surface area contributed by atoms with Crippen molar-refractivity contribution in [3.63, 3.8) is 0 Å². The number of nitrogens with zero attached hydrogens (tertiary/aromatic N) is 1. The normalized spacial score (nSPS) is 12.3. The van der Waals surface area contributed by atoms with Crippen molar-refractivity contribution in [2.45, 2.75) is 12.2 Å². The van der Waals surface area contributed by atoms with Gasteiger partial charge in [0, 0.05) is 12.3 Å². The average Bonchev–Trinajstić information content (AvgIpc) is 2.37. The van der Waals surface area contributed by atoms with Crippen LogP contribution in [0, 0.1) is 11.3 Å². The first kappa shape index (κ1) is 15.0. The number of benzene rings is 1. The molecule has 0 aliphatic carbocycles. The van der Waals surface area contributed by atoms with Gasteiger partial charge in [-0.1, -0.05) is 0 Å². The van der Waals surface area contributed by atoms with Crippen molar-refractivity contribution < 1.29 is 17.9 Å². The maximum absolute atomic E-state index is 11.8. The van der Waals surface area contributed by atoms with Crippen LogP contribution in [0.15, 0.2) is 18.2 Å². The smallest absolute Gasteiger partial charge is 0.242 e. The molecule has 1 N–H and O–H groups in total. The minimum absolute atomic E-state index is 0.299. The molecule has 0 heterocycles. The highest BCUT2D eigenvalue weighted by atomic mass is 32.2. The molecule has 7 heteroatoms. The highest BCUT2D eigenvalue weighted by Crippen LogP contribution is 2.25. The molecule has 0 aliphatic rings. The lowest BCUT2D eigenvalue weighted by molar-refractivity contribution is -0.115. The highest BCUT2D eigenvalue weighted by Gasteiger charge is 2.24. The Labute approximate surface area is 111 Å². The van der Waals surface area contributed by atoms with Crippen molar-refractivity contribution in [2.75, 3.05) is 18.7 Å². The number of nitriles is 1. The zero-order valence-corrected chi connectivity index (χ0v) is 11.6. The number of hydrogen-bond donors (Lipinski definition) is 1. The van der Waals surface area contributed by atoms with Gasteiger partial charge in [-0.3, -0.25) is 4.79 Å². The molecular formula is C12H14N2O4S. The fraction of sp³-hybridized carbons (Fsp3) is 0.333. The molecule has 19 heavy (non-hydrogen) atoms. The van der Waals surface area contributed by atoms with Gasteiger partial charge in [-0.25, -0.2) is 8.42 Å². The molecule has 0 radical (unpaired) electrons. The molecule has 1 aromatic carbocycles. The molecule has 0 spiro atoms. The third-order valence-electron chi connectivity index (χ3n) is 2.60. The minimum Gasteiger partial charge on any atom is -0.495 e. The number of ether oxygens (including phenoxy) is 1. The molecule has 0 aromatic heterocycles. The number of carbonyl (C=O) groups is 1. The van der Waals surface area contributed by atoms with E-state index in [1.54, 1.807) is 0 Å². The molecule has 1 rings (SSSR count). The Hall–Kier alpha value is -2.07. The molecule has 0 saturated carbocycles. The van der Waals surface area contributed by atoms with Crippen molar-refractivity contribution in [3.05, 3.63) is 23.8 Å². The summed E-state index contributed by atoms with van der Waals surface area (Å²) in [5.74, 6) is -0.349. The standard InChI is InChI=1S/C12H14N2O4S/c1-8(19(3,16)17)12(15)14-10-5-4-9(7-13)6-11(10)18-2/h4-6,8H,1-3H3,(H,14,15). The second-order valence-electron chi connectivity index (χ2n) is 3.99. The lowest BCUT2D eigenvalue weighted by Gasteiger charge is -2.13. The van der Waals surface area contributed by atoms with E-state index in [1.807, 2.05) is 6.07 Å². The molecular weight excluding hydrogens is 268 g/mol. The molecule has 1 amide bonds. The van der Waals surface area contributed by atoms with E-state index in [2.05, 4.69) is 5.32 Å². The quantitative estimate of drug-likeness (QED) is 0.886. The van der Waals surface area contributed by atoms with Gasteiger partial charge < -0.3 is 10.1 Å². The van der Waals surface area contributed by atoms with Crippen LogP contribution in [0.3, 0.4) is 0 Å². The first-order chi connectivity index (χ1) is 8.79. The van der Waals surface area contributed by atoms with E-state index < -0.39 is 21.0 Å². The van der Waals surface area contributed by atoms with E-state index >= 15 is 0 Å². The van der Waals surface area contributed by atoms with Gasteiger partial charge in [0.15, 0.2) is 9.84 Å². The largest absolute Gasteiger partial charge is 0.495 e. The maximum atomic E-state index is 11.8. The summed E-state index contributed by atoms with van der Waals surface area (Å²) in [6.45, 7) is 1.31. The third kappa shape index (κ3) is 3.69. The number of anilines is 1. The number of amides is 1. The van der Waals surface area contributed by atoms with Crippen molar-refractivity contribution in [1.82, 2.24) is 0 Å². The van der Waals surface area contributed by atoms with Crippen molar-refractivity contribution in [2.24, 2.45) is 0 Å². The number of nitrogens with one attached hydrogen (secondary N) is 1. The summed E-state index contributed by atoms with van der Waals surface area (Å²) >= 11 is 0. The van der Waals surface area contributed by atoms with Crippen LogP contribution in [-0.2, 0) is 14.6 Å². The molecule has 102 valence electrons. The van der Waals surface area contributed by atoms with E-state index in [-0.39, 0.29) is 0 Å². The summed E-state index contributed by atoms with van der Waals surface area (Å²) in [5, 5.41) is 10.1. The lowest BCUT2D eigenvalue weighted by Crippen LogP contribution is -2.31. The Balaban J connectivity index is 3.01. The second kappa shape index (κ2) is 5.71. The van der Waals surface area contributed by atoms with E-state index in [1.165, 1.54) is 32.2 Å². The fourth-order valence-electron chi connectivity index (χ4n) is 1.29. The summed E-state index contributed by atoms with van der Waals surface area (Å²) in [6, 6.07) is 6.39. The van der Waals surface area contributed by atoms with E-state index in [0.717, 1.165) is 6.26 Å². The zero-order valence-electron chi connectivity index (χ0n) is 10.8. The highest BCUT2D eigenvalue weighted by molar-refractivity contribution is 7.92. The van der Waals surface area contributed by atoms with Gasteiger partial charge in [0.05, 0.1) is 24.4 Å². The molecule has 0 fully saturated rings. The Morgan fingerprint density at radius 3 is 2.58 bits per heavy atom. The van der Waals surface area contributed by atoms with Crippen molar-refractivity contribution in [1.29, 1.82) is 5.26 Å². The topological polar surface area (TPSA) is 96.3 Å². The minimum atomic E-state index is -3.46. The summed E-state index contributed by atoms with van der Waals surface area (Å²) in [4.78, 5) is 11.8. The van der Waals surface area contributed by atoms with Gasteiger partial charge in [0.1, 0.15) is 11.0 Å². The molecule has 1 unspecified atom stereocenters. The van der Waals surface area contributed by atoms with Crippen LogP contribution >= 0.6 is 0 Å². The SMILES string of the molecule is COc1cc(C#N)ccc1NC(=O)C(C)S(C)(=O)=O. The van der Waals surface area contributed by atoms with Gasteiger partial charge in [-0.15, -0.1) is 0 Å².